The first kappa shape index (κ1) is 19.2. The van der Waals surface area contributed by atoms with Gasteiger partial charge in [-0.2, -0.15) is 0 Å². The summed E-state index contributed by atoms with van der Waals surface area (Å²) in [5.74, 6) is -3.68. The number of carbonyl (C=O) groups excluding carboxylic acids is 3. The molecule has 1 saturated heterocycles. The minimum absolute atomic E-state index is 0.164. The molecule has 1 N–H and O–H groups in total. The van der Waals surface area contributed by atoms with Crippen LogP contribution in [0.4, 0.5) is 0 Å². The van der Waals surface area contributed by atoms with E-state index in [2.05, 4.69) is 0 Å². The predicted octanol–water partition coefficient (Wildman–Crippen LogP) is 3.07. The molecular weight excluding hydrogens is 364 g/mol. The Bertz CT molecular complexity index is 980. The molecule has 0 saturated carbocycles. The molecular formula is C21H18O7. The van der Waals surface area contributed by atoms with E-state index in [1.54, 1.807) is 36.4 Å². The van der Waals surface area contributed by atoms with Crippen molar-refractivity contribution in [3.05, 3.63) is 59.2 Å². The van der Waals surface area contributed by atoms with E-state index in [0.717, 1.165) is 0 Å². The van der Waals surface area contributed by atoms with Crippen molar-refractivity contribution in [3.63, 3.8) is 0 Å². The molecule has 1 heterocycles. The van der Waals surface area contributed by atoms with Gasteiger partial charge in [0, 0.05) is 25.0 Å². The highest BCUT2D eigenvalue weighted by atomic mass is 16.7. The van der Waals surface area contributed by atoms with Crippen LogP contribution in [0.25, 0.3) is 17.2 Å². The minimum atomic E-state index is -1.34. The lowest BCUT2D eigenvalue weighted by Gasteiger charge is -2.29. The van der Waals surface area contributed by atoms with Gasteiger partial charge in [0.25, 0.3) is 5.79 Å². The van der Waals surface area contributed by atoms with Gasteiger partial charge in [-0.15, -0.1) is 0 Å². The van der Waals surface area contributed by atoms with Crippen LogP contribution in [0.3, 0.4) is 0 Å². The van der Waals surface area contributed by atoms with E-state index < -0.39 is 23.7 Å². The highest BCUT2D eigenvalue weighted by Gasteiger charge is 2.39. The van der Waals surface area contributed by atoms with Crippen molar-refractivity contribution < 1.29 is 33.7 Å². The summed E-state index contributed by atoms with van der Waals surface area (Å²) in [4.78, 5) is 36.0. The smallest absolute Gasteiger partial charge is 0.348 e. The monoisotopic (exact) mass is 382 g/mol. The van der Waals surface area contributed by atoms with E-state index in [4.69, 9.17) is 14.2 Å². The van der Waals surface area contributed by atoms with Crippen LogP contribution in [0, 0.1) is 0 Å². The number of carbonyl (C=O) groups is 3. The average Bonchev–Trinajstić information content (AvgIpc) is 2.64. The Kier molecular flexibility index (Phi) is 4.92. The van der Waals surface area contributed by atoms with E-state index in [1.165, 1.54) is 33.1 Å². The number of phenolic OH excluding ortho intramolecular Hbond substituents is 1. The third-order valence-electron chi connectivity index (χ3n) is 4.08. The van der Waals surface area contributed by atoms with Crippen molar-refractivity contribution in [2.75, 3.05) is 7.11 Å². The van der Waals surface area contributed by atoms with Crippen LogP contribution in [0.2, 0.25) is 0 Å². The quantitative estimate of drug-likeness (QED) is 0.495. The maximum absolute atomic E-state index is 12.1. The summed E-state index contributed by atoms with van der Waals surface area (Å²) in [6.07, 6.45) is 1.21. The van der Waals surface area contributed by atoms with Gasteiger partial charge in [-0.3, -0.25) is 0 Å². The molecule has 7 heteroatoms. The molecule has 1 aliphatic heterocycles. The number of phenols is 1. The molecule has 0 atom stereocenters. The Balaban J connectivity index is 2.02. The Labute approximate surface area is 161 Å². The lowest BCUT2D eigenvalue weighted by atomic mass is 9.98. The molecule has 0 spiro atoms. The molecule has 0 unspecified atom stereocenters. The number of rotatable bonds is 3. The van der Waals surface area contributed by atoms with E-state index in [-0.39, 0.29) is 16.9 Å². The zero-order valence-corrected chi connectivity index (χ0v) is 15.5. The number of aromatic hydroxyl groups is 1. The Hall–Kier alpha value is -3.61. The van der Waals surface area contributed by atoms with Gasteiger partial charge in [-0.05, 0) is 23.8 Å². The normalized spacial score (nSPS) is 15.5. The van der Waals surface area contributed by atoms with Gasteiger partial charge in [0.1, 0.15) is 11.3 Å². The fraction of sp³-hybridized carbons (Fsp3) is 0.190. The topological polar surface area (TPSA) is 99.1 Å². The molecule has 1 aliphatic rings. The second-order valence-corrected chi connectivity index (χ2v) is 6.55. The van der Waals surface area contributed by atoms with E-state index in [9.17, 15) is 19.5 Å². The molecule has 0 bridgehead atoms. The van der Waals surface area contributed by atoms with Gasteiger partial charge in [0.2, 0.25) is 0 Å². The van der Waals surface area contributed by atoms with Gasteiger partial charge in [-0.25, -0.2) is 14.4 Å². The highest BCUT2D eigenvalue weighted by molar-refractivity contribution is 6.19. The summed E-state index contributed by atoms with van der Waals surface area (Å²) in [6.45, 7) is 2.90. The van der Waals surface area contributed by atoms with Gasteiger partial charge in [0.15, 0.2) is 0 Å². The number of methoxy groups -OCH3 is 1. The number of cyclic esters (lactones) is 2. The number of ether oxygens (including phenoxy) is 3. The summed E-state index contributed by atoms with van der Waals surface area (Å²) in [7, 11) is 1.28. The average molecular weight is 382 g/mol. The molecule has 2 aromatic carbocycles. The Morgan fingerprint density at radius 3 is 2.36 bits per heavy atom. The van der Waals surface area contributed by atoms with Gasteiger partial charge < -0.3 is 19.3 Å². The molecule has 0 aliphatic carbocycles. The summed E-state index contributed by atoms with van der Waals surface area (Å²) in [6, 6.07) is 11.4. The first-order valence-corrected chi connectivity index (χ1v) is 8.41. The molecule has 3 rings (SSSR count). The fourth-order valence-corrected chi connectivity index (χ4v) is 2.78. The lowest BCUT2D eigenvalue weighted by Crippen LogP contribution is -2.41. The predicted molar refractivity (Wildman–Crippen MR) is 99.1 cm³/mol. The minimum Gasteiger partial charge on any atom is -0.507 e. The fourth-order valence-electron chi connectivity index (χ4n) is 2.78. The summed E-state index contributed by atoms with van der Waals surface area (Å²) in [5, 5.41) is 10.7. The van der Waals surface area contributed by atoms with Gasteiger partial charge in [-0.1, -0.05) is 30.3 Å². The molecule has 28 heavy (non-hydrogen) atoms. The second kappa shape index (κ2) is 7.19. The van der Waals surface area contributed by atoms with E-state index >= 15 is 0 Å². The van der Waals surface area contributed by atoms with Crippen LogP contribution >= 0.6 is 0 Å². The molecule has 0 aromatic heterocycles. The molecule has 144 valence electrons. The molecule has 2 aromatic rings. The third kappa shape index (κ3) is 3.73. The lowest BCUT2D eigenvalue weighted by molar-refractivity contribution is -0.222. The molecule has 1 fully saturated rings. The van der Waals surface area contributed by atoms with Crippen LogP contribution in [-0.2, 0) is 23.8 Å². The SMILES string of the molecule is COC(=O)c1cccc(-c2cccc(C=C3C(=O)OC(C)(C)OC3=O)c2O)c1. The van der Waals surface area contributed by atoms with Crippen LogP contribution in [0.5, 0.6) is 5.75 Å². The Morgan fingerprint density at radius 1 is 1.07 bits per heavy atom. The summed E-state index contributed by atoms with van der Waals surface area (Å²) in [5.41, 5.74) is 1.21. The van der Waals surface area contributed by atoms with Gasteiger partial charge >= 0.3 is 17.9 Å². The van der Waals surface area contributed by atoms with Crippen LogP contribution in [0.1, 0.15) is 29.8 Å². The van der Waals surface area contributed by atoms with Crippen molar-refractivity contribution in [1.29, 1.82) is 0 Å². The zero-order chi connectivity index (χ0) is 20.5. The first-order valence-electron chi connectivity index (χ1n) is 8.41. The third-order valence-corrected chi connectivity index (χ3v) is 4.08. The van der Waals surface area contributed by atoms with Crippen molar-refractivity contribution in [3.8, 4) is 16.9 Å². The van der Waals surface area contributed by atoms with Crippen molar-refractivity contribution in [2.45, 2.75) is 19.6 Å². The standard InChI is InChI=1S/C21H18O7/c1-21(2)27-19(24)16(20(25)28-21)11-13-7-5-9-15(17(13)22)12-6-4-8-14(10-12)18(23)26-3/h4-11,22H,1-3H3. The summed E-state index contributed by atoms with van der Waals surface area (Å²) >= 11 is 0. The van der Waals surface area contributed by atoms with Crippen LogP contribution in [-0.4, -0.2) is 35.9 Å². The van der Waals surface area contributed by atoms with Crippen molar-refractivity contribution >= 4 is 24.0 Å². The number of benzene rings is 2. The van der Waals surface area contributed by atoms with Crippen molar-refractivity contribution in [2.24, 2.45) is 0 Å². The number of esters is 3. The molecule has 0 amide bonds. The van der Waals surface area contributed by atoms with Gasteiger partial charge in [0.05, 0.1) is 12.7 Å². The largest absolute Gasteiger partial charge is 0.507 e. The maximum atomic E-state index is 12.1. The van der Waals surface area contributed by atoms with E-state index in [1.807, 2.05) is 0 Å². The van der Waals surface area contributed by atoms with E-state index in [0.29, 0.717) is 16.7 Å². The second-order valence-electron chi connectivity index (χ2n) is 6.55. The highest BCUT2D eigenvalue weighted by Crippen LogP contribution is 2.35. The maximum Gasteiger partial charge on any atom is 0.348 e. The zero-order valence-electron chi connectivity index (χ0n) is 15.5. The van der Waals surface area contributed by atoms with Crippen LogP contribution in [0.15, 0.2) is 48.0 Å². The molecule has 7 nitrogen and oxygen atoms in total. The number of hydrogen-bond acceptors (Lipinski definition) is 7. The number of para-hydroxylation sites is 1. The molecule has 0 radical (unpaired) electrons. The number of hydrogen-bond donors (Lipinski definition) is 1. The van der Waals surface area contributed by atoms with Crippen LogP contribution < -0.4 is 0 Å². The summed E-state index contributed by atoms with van der Waals surface area (Å²) < 4.78 is 14.8. The Morgan fingerprint density at radius 2 is 1.71 bits per heavy atom. The van der Waals surface area contributed by atoms with Crippen molar-refractivity contribution in [1.82, 2.24) is 0 Å². The first-order chi connectivity index (χ1) is 13.2.